The summed E-state index contributed by atoms with van der Waals surface area (Å²) in [5, 5.41) is 10.6. The smallest absolute Gasteiger partial charge is 0.415 e. The van der Waals surface area contributed by atoms with Gasteiger partial charge in [-0.15, -0.1) is 0 Å². The number of halogens is 2. The van der Waals surface area contributed by atoms with Crippen molar-refractivity contribution in [3.63, 3.8) is 0 Å². The highest BCUT2D eigenvalue weighted by Crippen LogP contribution is 2.22. The highest BCUT2D eigenvalue weighted by atomic mass is 19.3. The highest BCUT2D eigenvalue weighted by Gasteiger charge is 2.32. The van der Waals surface area contributed by atoms with E-state index in [2.05, 4.69) is 16.1 Å². The highest BCUT2D eigenvalue weighted by molar-refractivity contribution is 5.88. The van der Waals surface area contributed by atoms with Crippen LogP contribution in [0.5, 0.6) is 5.75 Å². The Kier molecular flexibility index (Phi) is 5.65. The Morgan fingerprint density at radius 1 is 1.43 bits per heavy atom. The number of carboxylic acid groups (broad SMARTS) is 1. The van der Waals surface area contributed by atoms with E-state index in [1.165, 1.54) is 24.3 Å². The van der Waals surface area contributed by atoms with Gasteiger partial charge in [0, 0.05) is 0 Å². The van der Waals surface area contributed by atoms with Crippen LogP contribution in [0.4, 0.5) is 13.6 Å². The van der Waals surface area contributed by atoms with E-state index in [0.717, 1.165) is 6.07 Å². The van der Waals surface area contributed by atoms with Gasteiger partial charge >= 0.3 is 18.2 Å². The number of benzene rings is 1. The number of rotatable bonds is 7. The van der Waals surface area contributed by atoms with Crippen LogP contribution in [0, 0.1) is 0 Å². The number of aromatic carboxylic acids is 1. The van der Waals surface area contributed by atoms with Crippen molar-refractivity contribution in [2.75, 3.05) is 13.2 Å². The molecule has 114 valence electrons. The number of hydrogen-bond donors (Lipinski definition) is 2. The largest absolute Gasteiger partial charge is 0.478 e. The maximum absolute atomic E-state index is 13.5. The summed E-state index contributed by atoms with van der Waals surface area (Å²) in [5.74, 6) is -1.60. The fourth-order valence-electron chi connectivity index (χ4n) is 1.26. The Hall–Kier alpha value is -2.64. The SMILES string of the molecule is C=CCOC(=O)NCC(F)(F)Oc1cccc(C(=O)O)c1. The molecule has 0 atom stereocenters. The van der Waals surface area contributed by atoms with Crippen LogP contribution in [0.3, 0.4) is 0 Å². The van der Waals surface area contributed by atoms with Gasteiger partial charge in [0.2, 0.25) is 0 Å². The van der Waals surface area contributed by atoms with E-state index in [0.29, 0.717) is 0 Å². The zero-order valence-corrected chi connectivity index (χ0v) is 10.8. The number of hydrogen-bond acceptors (Lipinski definition) is 4. The molecule has 0 bridgehead atoms. The fourth-order valence-corrected chi connectivity index (χ4v) is 1.26. The number of nitrogens with one attached hydrogen (secondary N) is 1. The van der Waals surface area contributed by atoms with Gasteiger partial charge in [-0.25, -0.2) is 9.59 Å². The third kappa shape index (κ3) is 5.89. The molecule has 0 heterocycles. The monoisotopic (exact) mass is 301 g/mol. The van der Waals surface area contributed by atoms with E-state index < -0.39 is 24.7 Å². The lowest BCUT2D eigenvalue weighted by molar-refractivity contribution is -0.170. The predicted octanol–water partition coefficient (Wildman–Crippen LogP) is 2.27. The molecule has 0 aliphatic carbocycles. The molecule has 0 fully saturated rings. The fraction of sp³-hybridized carbons (Fsp3) is 0.231. The molecule has 21 heavy (non-hydrogen) atoms. The van der Waals surface area contributed by atoms with Crippen LogP contribution in [0.25, 0.3) is 0 Å². The number of amides is 1. The lowest BCUT2D eigenvalue weighted by atomic mass is 10.2. The normalized spacial score (nSPS) is 10.6. The second-order valence-corrected chi connectivity index (χ2v) is 3.81. The molecule has 0 spiro atoms. The quantitative estimate of drug-likeness (QED) is 0.755. The van der Waals surface area contributed by atoms with Crippen molar-refractivity contribution in [1.29, 1.82) is 0 Å². The molecule has 0 radical (unpaired) electrons. The molecule has 1 amide bonds. The molecule has 1 aromatic rings. The number of carboxylic acids is 1. The van der Waals surface area contributed by atoms with Crippen molar-refractivity contribution in [3.8, 4) is 5.75 Å². The van der Waals surface area contributed by atoms with Crippen LogP contribution in [-0.4, -0.2) is 36.4 Å². The van der Waals surface area contributed by atoms with E-state index in [1.54, 1.807) is 0 Å². The maximum Gasteiger partial charge on any atom is 0.415 e. The molecule has 0 unspecified atom stereocenters. The molecular formula is C13H13F2NO5. The van der Waals surface area contributed by atoms with Crippen LogP contribution in [0.15, 0.2) is 36.9 Å². The predicted molar refractivity (Wildman–Crippen MR) is 68.5 cm³/mol. The summed E-state index contributed by atoms with van der Waals surface area (Å²) in [7, 11) is 0. The van der Waals surface area contributed by atoms with Crippen LogP contribution >= 0.6 is 0 Å². The van der Waals surface area contributed by atoms with Crippen LogP contribution in [0.2, 0.25) is 0 Å². The second-order valence-electron chi connectivity index (χ2n) is 3.81. The van der Waals surface area contributed by atoms with E-state index in [4.69, 9.17) is 5.11 Å². The third-order valence-corrected chi connectivity index (χ3v) is 2.12. The van der Waals surface area contributed by atoms with Crippen LogP contribution in [-0.2, 0) is 4.74 Å². The zero-order chi connectivity index (χ0) is 15.9. The summed E-state index contributed by atoms with van der Waals surface area (Å²) >= 11 is 0. The lowest BCUT2D eigenvalue weighted by Crippen LogP contribution is -2.40. The average Bonchev–Trinajstić information content (AvgIpc) is 2.42. The summed E-state index contributed by atoms with van der Waals surface area (Å²) in [6, 6.07) is 4.63. The van der Waals surface area contributed by atoms with E-state index in [9.17, 15) is 18.4 Å². The summed E-state index contributed by atoms with van der Waals surface area (Å²) in [5.41, 5.74) is -0.193. The van der Waals surface area contributed by atoms with Gasteiger partial charge in [0.1, 0.15) is 18.9 Å². The molecule has 1 aromatic carbocycles. The first-order valence-corrected chi connectivity index (χ1v) is 5.76. The number of ether oxygens (including phenoxy) is 2. The molecule has 1 rings (SSSR count). The van der Waals surface area contributed by atoms with Crippen molar-refractivity contribution >= 4 is 12.1 Å². The van der Waals surface area contributed by atoms with Gasteiger partial charge in [-0.05, 0) is 18.2 Å². The standard InChI is InChI=1S/C13H13F2NO5/c1-2-6-20-12(19)16-8-13(14,15)21-10-5-3-4-9(7-10)11(17)18/h2-5,7H,1,6,8H2,(H,16,19)(H,17,18). The summed E-state index contributed by atoms with van der Waals surface area (Å²) < 4.78 is 35.7. The van der Waals surface area contributed by atoms with Crippen molar-refractivity contribution in [2.45, 2.75) is 6.11 Å². The van der Waals surface area contributed by atoms with Crippen molar-refractivity contribution < 1.29 is 33.0 Å². The minimum atomic E-state index is -3.72. The van der Waals surface area contributed by atoms with Crippen molar-refractivity contribution in [1.82, 2.24) is 5.32 Å². The zero-order valence-electron chi connectivity index (χ0n) is 10.8. The Bertz CT molecular complexity index is 533. The number of alkyl halides is 2. The van der Waals surface area contributed by atoms with Crippen molar-refractivity contribution in [2.24, 2.45) is 0 Å². The van der Waals surface area contributed by atoms with Gasteiger partial charge in [-0.1, -0.05) is 18.7 Å². The Morgan fingerprint density at radius 3 is 2.76 bits per heavy atom. The lowest BCUT2D eigenvalue weighted by Gasteiger charge is -2.18. The Morgan fingerprint density at radius 2 is 2.14 bits per heavy atom. The van der Waals surface area contributed by atoms with Crippen LogP contribution < -0.4 is 10.1 Å². The van der Waals surface area contributed by atoms with E-state index >= 15 is 0 Å². The number of alkyl carbamates (subject to hydrolysis) is 1. The molecule has 0 saturated carbocycles. The molecule has 0 aliphatic rings. The van der Waals surface area contributed by atoms with Gasteiger partial charge in [-0.3, -0.25) is 0 Å². The second kappa shape index (κ2) is 7.22. The molecular weight excluding hydrogens is 288 g/mol. The van der Waals surface area contributed by atoms with Gasteiger partial charge in [0.05, 0.1) is 5.56 Å². The van der Waals surface area contributed by atoms with Gasteiger partial charge in [0.25, 0.3) is 0 Å². The number of carbonyl (C=O) groups is 2. The maximum atomic E-state index is 13.5. The Labute approximate surface area is 119 Å². The van der Waals surface area contributed by atoms with Gasteiger partial charge < -0.3 is 19.9 Å². The van der Waals surface area contributed by atoms with E-state index in [1.807, 2.05) is 5.32 Å². The third-order valence-electron chi connectivity index (χ3n) is 2.12. The van der Waals surface area contributed by atoms with E-state index in [-0.39, 0.29) is 17.9 Å². The molecule has 6 nitrogen and oxygen atoms in total. The molecule has 0 aliphatic heterocycles. The van der Waals surface area contributed by atoms with Crippen LogP contribution in [0.1, 0.15) is 10.4 Å². The number of carbonyl (C=O) groups excluding carboxylic acids is 1. The molecule has 8 heteroatoms. The first kappa shape index (κ1) is 16.4. The van der Waals surface area contributed by atoms with Gasteiger partial charge in [0.15, 0.2) is 0 Å². The minimum Gasteiger partial charge on any atom is -0.478 e. The molecule has 0 saturated heterocycles. The van der Waals surface area contributed by atoms with Crippen molar-refractivity contribution in [3.05, 3.63) is 42.5 Å². The first-order valence-electron chi connectivity index (χ1n) is 5.76. The Balaban J connectivity index is 2.59. The first-order chi connectivity index (χ1) is 9.84. The summed E-state index contributed by atoms with van der Waals surface area (Å²) in [6.07, 6.45) is -3.48. The minimum absolute atomic E-state index is 0.112. The molecule has 2 N–H and O–H groups in total. The average molecular weight is 301 g/mol. The topological polar surface area (TPSA) is 84.9 Å². The summed E-state index contributed by atoms with van der Waals surface area (Å²) in [6.45, 7) is 2.06. The molecule has 0 aromatic heterocycles. The van der Waals surface area contributed by atoms with Gasteiger partial charge in [-0.2, -0.15) is 8.78 Å². The summed E-state index contributed by atoms with van der Waals surface area (Å²) in [4.78, 5) is 21.7.